The van der Waals surface area contributed by atoms with Crippen molar-refractivity contribution in [3.63, 3.8) is 0 Å². The van der Waals surface area contributed by atoms with E-state index >= 15 is 0 Å². The van der Waals surface area contributed by atoms with Crippen LogP contribution in [0.5, 0.6) is 0 Å². The van der Waals surface area contributed by atoms with E-state index in [1.807, 2.05) is 113 Å². The molecule has 6 aromatic carbocycles. The zero-order chi connectivity index (χ0) is 89.4. The maximum Gasteiger partial charge on any atom is 0.350 e. The fourth-order valence-electron chi connectivity index (χ4n) is 21.6. The number of rotatable bonds is 15. The van der Waals surface area contributed by atoms with Gasteiger partial charge < -0.3 is 39.2 Å². The maximum atomic E-state index is 14.2. The quantitative estimate of drug-likeness (QED) is 0.0867. The highest BCUT2D eigenvalue weighted by Crippen LogP contribution is 2.52. The van der Waals surface area contributed by atoms with Gasteiger partial charge in [0, 0.05) is 227 Å². The Bertz CT molecular complexity index is 6740. The van der Waals surface area contributed by atoms with Gasteiger partial charge in [-0.05, 0) is 161 Å². The lowest BCUT2D eigenvalue weighted by atomic mass is 9.95. The van der Waals surface area contributed by atoms with Gasteiger partial charge in [-0.3, -0.25) is 47.0 Å². The third-order valence-electron chi connectivity index (χ3n) is 28.1. The second kappa shape index (κ2) is 34.5. The molecule has 0 N–H and O–H groups in total. The van der Waals surface area contributed by atoms with Crippen LogP contribution in [0.15, 0.2) is 158 Å². The molecule has 6 saturated heterocycles. The Morgan fingerprint density at radius 3 is 0.984 bits per heavy atom. The van der Waals surface area contributed by atoms with E-state index in [9.17, 15) is 33.2 Å². The molecular weight excluding hydrogens is 1670 g/mol. The summed E-state index contributed by atoms with van der Waals surface area (Å²) in [4.78, 5) is 117. The number of carbonyl (C=O) groups excluding carboxylic acids is 3. The number of aromatic nitrogens is 12. The Morgan fingerprint density at radius 1 is 0.406 bits per heavy atom. The molecule has 15 heterocycles. The van der Waals surface area contributed by atoms with Crippen molar-refractivity contribution in [1.82, 2.24) is 87.4 Å². The number of thioether (sulfide) groups is 3. The van der Waals surface area contributed by atoms with Gasteiger partial charge >= 0.3 is 17.1 Å². The fourth-order valence-corrected chi connectivity index (χ4v) is 25.8. The Kier molecular flexibility index (Phi) is 23.3. The van der Waals surface area contributed by atoms with Crippen molar-refractivity contribution >= 4 is 136 Å². The first-order chi connectivity index (χ1) is 61.7. The maximum absolute atomic E-state index is 14.2. The molecule has 0 radical (unpaired) electrons. The highest BCUT2D eigenvalue weighted by molar-refractivity contribution is 8.00. The lowest BCUT2D eigenvalue weighted by Crippen LogP contribution is -2.58. The molecule has 3 amide bonds. The van der Waals surface area contributed by atoms with Gasteiger partial charge in [-0.1, -0.05) is 74.3 Å². The number of halogens is 1. The second-order valence-corrected chi connectivity index (χ2v) is 39.8. The molecular formula is C97H112FN21O6S3. The number of hydrogen-bond acceptors (Lipinski definition) is 21. The summed E-state index contributed by atoms with van der Waals surface area (Å²) in [6.07, 6.45) is 12.7. The fraction of sp³-hybridized carbons (Fsp3) is 0.443. The summed E-state index contributed by atoms with van der Waals surface area (Å²) < 4.78 is 25.4. The van der Waals surface area contributed by atoms with E-state index in [2.05, 4.69) is 193 Å². The number of para-hydroxylation sites is 3. The molecule has 12 aromatic rings. The molecule has 6 fully saturated rings. The average molecular weight is 1780 g/mol. The monoisotopic (exact) mass is 1780 g/mol. The predicted molar refractivity (Wildman–Crippen MR) is 513 cm³/mol. The van der Waals surface area contributed by atoms with E-state index in [1.54, 1.807) is 11.8 Å². The Balaban J connectivity index is 0.000000125. The highest BCUT2D eigenvalue weighted by Gasteiger charge is 2.43. The van der Waals surface area contributed by atoms with Gasteiger partial charge in [0.15, 0.2) is 0 Å². The van der Waals surface area contributed by atoms with Crippen LogP contribution in [-0.2, 0) is 35.5 Å². The van der Waals surface area contributed by atoms with Gasteiger partial charge in [0.1, 0.15) is 23.6 Å². The number of carbonyl (C=O) groups is 3. The van der Waals surface area contributed by atoms with E-state index in [-0.39, 0.29) is 89.2 Å². The summed E-state index contributed by atoms with van der Waals surface area (Å²) in [5, 5.41) is 19.8. The first kappa shape index (κ1) is 86.4. The van der Waals surface area contributed by atoms with Crippen molar-refractivity contribution in [2.45, 2.75) is 157 Å². The minimum atomic E-state index is -0.801. The number of hydrogen-bond donors (Lipinski definition) is 0. The summed E-state index contributed by atoms with van der Waals surface area (Å²) >= 11 is 5.51. The normalized spacial score (nSPS) is 22.6. The van der Waals surface area contributed by atoms with Crippen molar-refractivity contribution in [1.29, 1.82) is 0 Å². The molecule has 31 heteroatoms. The lowest BCUT2D eigenvalue weighted by molar-refractivity contribution is -0.129. The SMILES string of the molecule is C=CC(=O)N1C[C@H](C)N(c2nc(=O)n3c4c(c(-c5cccc6cnn(C)c56)c(C)cc24)SCC3CN2CC(F)C2)C[C@H]1C.C=CC(=O)N1C[C@H](C)N(c2nc(=O)n3c4c(c(-c5cccc6cnn(C)c56)c(C)cc24)SCC3CN2CCC2)C[C@H]1C.C=CC(=O)N1C[C@H](C)N(c2nc(=O)n3c4c(c(-c5cccc6cnn(C)c56)c(C)cc24)SCC3CN2CCCC2)C[C@H]1C. The summed E-state index contributed by atoms with van der Waals surface area (Å²) in [7, 11) is 5.94. The number of nitrogens with zero attached hydrogens (tertiary/aromatic N) is 21. The van der Waals surface area contributed by atoms with Gasteiger partial charge in [0.2, 0.25) is 17.7 Å². The molecule has 666 valence electrons. The molecule has 128 heavy (non-hydrogen) atoms. The van der Waals surface area contributed by atoms with Gasteiger partial charge in [-0.25, -0.2) is 18.8 Å². The van der Waals surface area contributed by atoms with Crippen LogP contribution in [0.25, 0.3) is 98.8 Å². The van der Waals surface area contributed by atoms with E-state index in [0.717, 1.165) is 187 Å². The molecule has 0 spiro atoms. The zero-order valence-corrected chi connectivity index (χ0v) is 77.5. The number of piperazine rings is 3. The topological polar surface area (TPSA) is 239 Å². The van der Waals surface area contributed by atoms with Crippen LogP contribution in [0.1, 0.15) is 95.6 Å². The van der Waals surface area contributed by atoms with E-state index in [4.69, 9.17) is 15.0 Å². The first-order valence-electron chi connectivity index (χ1n) is 45.0. The number of likely N-dealkylation sites (tertiary alicyclic amines) is 3. The molecule has 0 saturated carbocycles. The van der Waals surface area contributed by atoms with Crippen LogP contribution in [0.3, 0.4) is 0 Å². The number of amides is 3. The van der Waals surface area contributed by atoms with Crippen LogP contribution < -0.4 is 31.8 Å². The van der Waals surface area contributed by atoms with Crippen LogP contribution in [-0.4, -0.2) is 263 Å². The summed E-state index contributed by atoms with van der Waals surface area (Å²) in [5.74, 6) is 4.24. The average Bonchev–Trinajstić information content (AvgIpc) is 1.15. The molecule has 9 aliphatic heterocycles. The predicted octanol–water partition coefficient (Wildman–Crippen LogP) is 13.0. The Hall–Kier alpha value is -11.0. The van der Waals surface area contributed by atoms with Gasteiger partial charge in [-0.15, -0.1) is 35.3 Å². The molecule has 6 aromatic heterocycles. The van der Waals surface area contributed by atoms with Crippen LogP contribution in [0, 0.1) is 20.8 Å². The summed E-state index contributed by atoms with van der Waals surface area (Å²) in [6.45, 7) is 40.8. The molecule has 0 bridgehead atoms. The van der Waals surface area contributed by atoms with Crippen LogP contribution in [0.2, 0.25) is 0 Å². The van der Waals surface area contributed by atoms with Gasteiger partial charge in [0.25, 0.3) is 0 Å². The molecule has 9 aliphatic rings. The zero-order valence-electron chi connectivity index (χ0n) is 75.1. The minimum Gasteiger partial charge on any atom is -0.349 e. The number of benzene rings is 6. The van der Waals surface area contributed by atoms with E-state index in [0.29, 0.717) is 70.5 Å². The molecule has 3 unspecified atom stereocenters. The number of anilines is 3. The number of alkyl halides is 1. The van der Waals surface area contributed by atoms with E-state index < -0.39 is 6.17 Å². The lowest BCUT2D eigenvalue weighted by Gasteiger charge is -2.45. The summed E-state index contributed by atoms with van der Waals surface area (Å²) in [6, 6.07) is 25.4. The number of fused-ring (bicyclic) bond motifs is 3. The summed E-state index contributed by atoms with van der Waals surface area (Å²) in [5.41, 5.74) is 15.6. The molecule has 27 nitrogen and oxygen atoms in total. The number of aryl methyl sites for hydroxylation is 6. The second-order valence-electron chi connectivity index (χ2n) is 36.7. The van der Waals surface area contributed by atoms with E-state index in [1.165, 1.54) is 43.1 Å². The van der Waals surface area contributed by atoms with Crippen LogP contribution >= 0.6 is 35.3 Å². The third-order valence-corrected chi connectivity index (χ3v) is 31.8. The van der Waals surface area contributed by atoms with Crippen molar-refractivity contribution in [3.05, 3.63) is 177 Å². The van der Waals surface area contributed by atoms with Crippen molar-refractivity contribution in [3.8, 4) is 33.4 Å². The van der Waals surface area contributed by atoms with Gasteiger partial charge in [-0.2, -0.15) is 30.2 Å². The van der Waals surface area contributed by atoms with Crippen molar-refractivity contribution in [2.24, 2.45) is 21.1 Å². The standard InChI is InChI=1S/C33H39N7O2S.C32H36FN7O2S.C32H37N7O2S/c1-6-27(41)38-16-22(4)39(17-21(38)3)32-26-14-20(2)28(25-11-9-10-23-15-34-36(5)29(23)25)31-30(26)40(33(42)35-32)24(19-43-31)18-37-12-7-8-13-37;1-6-26(41)38-12-20(4)39(13-19(38)3)31-25-10-18(2)27(24-9-7-8-21-11-34-36(5)28(21)24)30-29(25)40(32(42)35-31)23(17-43-30)16-37-14-22(33)15-37;1-6-26(40)37-15-21(4)38(16-20(37)3)31-25-13-19(2)27(24-10-7-9-22-14-33-35(5)28(22)24)30-29(25)39(32(41)34-31)23(18-42-30)17-36-11-8-12-36/h6,9-11,14-15,21-22,24H,1,7-8,12-13,16-19H2,2-5H3;6-11,19-20,22-23H,1,12-17H2,2-5H3;6-7,9-10,13-14,20-21,23H,1,8,11-12,15-18H2,2-5H3/t21-,22+,24?;19-,20+,23?;20-,21+,23?/m111/s1. The largest absolute Gasteiger partial charge is 0.350 e. The minimum absolute atomic E-state index is 0.00449. The third kappa shape index (κ3) is 15.0. The Morgan fingerprint density at radius 2 is 0.703 bits per heavy atom. The van der Waals surface area contributed by atoms with Crippen molar-refractivity contribution in [2.75, 3.05) is 130 Å². The van der Waals surface area contributed by atoms with Crippen molar-refractivity contribution < 1.29 is 18.8 Å². The molecule has 21 rings (SSSR count). The van der Waals surface area contributed by atoms with Crippen LogP contribution in [0.4, 0.5) is 21.8 Å². The first-order valence-corrected chi connectivity index (χ1v) is 48.0. The Labute approximate surface area is 756 Å². The van der Waals surface area contributed by atoms with Gasteiger partial charge in [0.05, 0.1) is 69.8 Å². The highest BCUT2D eigenvalue weighted by atomic mass is 32.2. The molecule has 0 aliphatic carbocycles. The molecule has 9 atom stereocenters. The smallest absolute Gasteiger partial charge is 0.349 e.